The molecule has 1 aromatic rings. The molecule has 0 aromatic carbocycles. The molecule has 0 saturated heterocycles. The first-order valence-electron chi connectivity index (χ1n) is 3.29. The van der Waals surface area contributed by atoms with Crippen molar-refractivity contribution in [3.8, 4) is 0 Å². The predicted octanol–water partition coefficient (Wildman–Crippen LogP) is 1.86. The monoisotopic (exact) mass is 142 g/mol. The topological polar surface area (TPSA) is 65.2 Å². The molecule has 0 atom stereocenters. The summed E-state index contributed by atoms with van der Waals surface area (Å²) in [6.45, 7) is 4.25. The number of nitrogens with two attached hydrogens (primary N) is 2. The van der Waals surface area contributed by atoms with Crippen LogP contribution in [-0.4, -0.2) is 0 Å². The van der Waals surface area contributed by atoms with Crippen LogP contribution in [0.1, 0.15) is 20.3 Å². The molecule has 4 N–H and O–H groups in total. The largest absolute Gasteiger partial charge is 0.468 e. The first-order chi connectivity index (χ1) is 4.72. The zero-order valence-electron chi connectivity index (χ0n) is 6.42. The Kier molecular flexibility index (Phi) is 4.20. The molecule has 3 heteroatoms. The van der Waals surface area contributed by atoms with Crippen molar-refractivity contribution in [2.75, 3.05) is 11.5 Å². The van der Waals surface area contributed by atoms with Crippen LogP contribution >= 0.6 is 0 Å². The van der Waals surface area contributed by atoms with Gasteiger partial charge in [-0.25, -0.2) is 0 Å². The lowest BCUT2D eigenvalue weighted by Crippen LogP contribution is -1.87. The highest BCUT2D eigenvalue weighted by Crippen LogP contribution is 2.12. The van der Waals surface area contributed by atoms with Gasteiger partial charge in [0, 0.05) is 0 Å². The van der Waals surface area contributed by atoms with Crippen molar-refractivity contribution in [1.82, 2.24) is 0 Å². The van der Waals surface area contributed by atoms with Crippen molar-refractivity contribution >= 4 is 11.4 Å². The first-order valence-corrected chi connectivity index (χ1v) is 3.29. The lowest BCUT2D eigenvalue weighted by molar-refractivity contribution is 0.569. The summed E-state index contributed by atoms with van der Waals surface area (Å²) in [5.74, 6) is 0. The van der Waals surface area contributed by atoms with E-state index in [0.29, 0.717) is 11.4 Å². The maximum atomic E-state index is 5.22. The zero-order chi connectivity index (χ0) is 7.98. The highest BCUT2D eigenvalue weighted by atomic mass is 16.3. The molecule has 0 amide bonds. The molecule has 10 heavy (non-hydrogen) atoms. The molecule has 0 aliphatic heterocycles. The van der Waals surface area contributed by atoms with Gasteiger partial charge in [0.25, 0.3) is 0 Å². The van der Waals surface area contributed by atoms with Gasteiger partial charge in [-0.05, 0) is 0 Å². The molecular formula is C7H14N2O. The van der Waals surface area contributed by atoms with Crippen LogP contribution in [-0.2, 0) is 0 Å². The second-order valence-corrected chi connectivity index (χ2v) is 1.99. The van der Waals surface area contributed by atoms with Crippen molar-refractivity contribution in [3.63, 3.8) is 0 Å². The van der Waals surface area contributed by atoms with Gasteiger partial charge in [0.1, 0.15) is 12.5 Å². The molecule has 0 aliphatic rings. The predicted molar refractivity (Wildman–Crippen MR) is 43.5 cm³/mol. The van der Waals surface area contributed by atoms with Gasteiger partial charge in [0.2, 0.25) is 0 Å². The number of anilines is 2. The fraction of sp³-hybridized carbons (Fsp3) is 0.429. The summed E-state index contributed by atoms with van der Waals surface area (Å²) >= 11 is 0. The van der Waals surface area contributed by atoms with E-state index in [0.717, 1.165) is 0 Å². The van der Waals surface area contributed by atoms with Crippen molar-refractivity contribution in [3.05, 3.63) is 12.5 Å². The molecule has 0 unspecified atom stereocenters. The van der Waals surface area contributed by atoms with Gasteiger partial charge in [-0.15, -0.1) is 0 Å². The molecule has 0 spiro atoms. The molecule has 0 radical (unpaired) electrons. The van der Waals surface area contributed by atoms with E-state index in [1.54, 1.807) is 0 Å². The van der Waals surface area contributed by atoms with Crippen LogP contribution in [0.25, 0.3) is 0 Å². The summed E-state index contributed by atoms with van der Waals surface area (Å²) in [6, 6.07) is 0. The molecule has 3 nitrogen and oxygen atoms in total. The number of hydrogen-bond donors (Lipinski definition) is 2. The van der Waals surface area contributed by atoms with E-state index in [9.17, 15) is 0 Å². The van der Waals surface area contributed by atoms with Gasteiger partial charge in [-0.2, -0.15) is 0 Å². The zero-order valence-corrected chi connectivity index (χ0v) is 6.42. The summed E-state index contributed by atoms with van der Waals surface area (Å²) in [4.78, 5) is 0. The van der Waals surface area contributed by atoms with Crippen LogP contribution in [0.3, 0.4) is 0 Å². The van der Waals surface area contributed by atoms with Crippen molar-refractivity contribution in [2.24, 2.45) is 0 Å². The Morgan fingerprint density at radius 1 is 1.20 bits per heavy atom. The molecule has 0 aliphatic carbocycles. The Labute approximate surface area is 61.0 Å². The third-order valence-electron chi connectivity index (χ3n) is 0.723. The fourth-order valence-corrected chi connectivity index (χ4v) is 0.317. The first kappa shape index (κ1) is 8.88. The van der Waals surface area contributed by atoms with Gasteiger partial charge < -0.3 is 15.9 Å². The standard InChI is InChI=1S/C4H6N2O.C3H8/c5-3-1-7-2-4(3)6;1-3-2/h1-2H,5-6H2;3H2,1-2H3. The highest BCUT2D eigenvalue weighted by molar-refractivity contribution is 5.59. The molecule has 58 valence electrons. The number of rotatable bonds is 0. The quantitative estimate of drug-likeness (QED) is 0.581. The molecule has 0 saturated carbocycles. The van der Waals surface area contributed by atoms with E-state index in [2.05, 4.69) is 18.3 Å². The van der Waals surface area contributed by atoms with E-state index < -0.39 is 0 Å². The lowest BCUT2D eigenvalue weighted by Gasteiger charge is -1.79. The molecule has 0 bridgehead atoms. The van der Waals surface area contributed by atoms with Crippen LogP contribution in [0.2, 0.25) is 0 Å². The number of furan rings is 1. The van der Waals surface area contributed by atoms with Crippen molar-refractivity contribution < 1.29 is 4.42 Å². The minimum atomic E-state index is 0.500. The molecule has 1 rings (SSSR count). The number of nitrogen functional groups attached to an aromatic ring is 2. The molecular weight excluding hydrogens is 128 g/mol. The molecule has 1 heterocycles. The minimum absolute atomic E-state index is 0.500. The Bertz CT molecular complexity index is 155. The van der Waals surface area contributed by atoms with Crippen LogP contribution in [0.4, 0.5) is 11.4 Å². The Balaban J connectivity index is 0.000000236. The van der Waals surface area contributed by atoms with Gasteiger partial charge >= 0.3 is 0 Å². The SMILES string of the molecule is CCC.Nc1cocc1N. The van der Waals surface area contributed by atoms with E-state index >= 15 is 0 Å². The Hall–Kier alpha value is -1.12. The third-order valence-corrected chi connectivity index (χ3v) is 0.723. The highest BCUT2D eigenvalue weighted by Gasteiger charge is 1.90. The fourth-order valence-electron chi connectivity index (χ4n) is 0.317. The Morgan fingerprint density at radius 3 is 1.60 bits per heavy atom. The van der Waals surface area contributed by atoms with Crippen LogP contribution < -0.4 is 11.5 Å². The number of hydrogen-bond acceptors (Lipinski definition) is 3. The van der Waals surface area contributed by atoms with Crippen LogP contribution in [0.15, 0.2) is 16.9 Å². The van der Waals surface area contributed by atoms with Crippen LogP contribution in [0.5, 0.6) is 0 Å². The normalized spacial score (nSPS) is 8.20. The van der Waals surface area contributed by atoms with E-state index in [1.807, 2.05) is 0 Å². The molecule has 1 aromatic heterocycles. The van der Waals surface area contributed by atoms with Gasteiger partial charge in [-0.1, -0.05) is 20.3 Å². The van der Waals surface area contributed by atoms with Crippen LogP contribution in [0, 0.1) is 0 Å². The Morgan fingerprint density at radius 2 is 1.50 bits per heavy atom. The summed E-state index contributed by atoms with van der Waals surface area (Å²) in [6.07, 6.45) is 4.05. The summed E-state index contributed by atoms with van der Waals surface area (Å²) in [5.41, 5.74) is 11.4. The van der Waals surface area contributed by atoms with Crippen molar-refractivity contribution in [1.29, 1.82) is 0 Å². The maximum absolute atomic E-state index is 5.22. The molecule has 0 fully saturated rings. The minimum Gasteiger partial charge on any atom is -0.468 e. The second-order valence-electron chi connectivity index (χ2n) is 1.99. The third kappa shape index (κ3) is 3.02. The van der Waals surface area contributed by atoms with E-state index in [1.165, 1.54) is 18.9 Å². The summed E-state index contributed by atoms with van der Waals surface area (Å²) < 4.78 is 4.59. The second kappa shape index (κ2) is 4.73. The van der Waals surface area contributed by atoms with E-state index in [4.69, 9.17) is 11.5 Å². The average Bonchev–Trinajstić information content (AvgIpc) is 2.19. The van der Waals surface area contributed by atoms with E-state index in [-0.39, 0.29) is 0 Å². The van der Waals surface area contributed by atoms with Gasteiger partial charge in [0.15, 0.2) is 0 Å². The smallest absolute Gasteiger partial charge is 0.115 e. The summed E-state index contributed by atoms with van der Waals surface area (Å²) in [7, 11) is 0. The van der Waals surface area contributed by atoms with Gasteiger partial charge in [0.05, 0.1) is 11.4 Å². The van der Waals surface area contributed by atoms with Gasteiger partial charge in [-0.3, -0.25) is 0 Å². The average molecular weight is 142 g/mol. The van der Waals surface area contributed by atoms with Crippen molar-refractivity contribution in [2.45, 2.75) is 20.3 Å². The summed E-state index contributed by atoms with van der Waals surface area (Å²) in [5, 5.41) is 0. The lowest BCUT2D eigenvalue weighted by atomic mass is 10.5. The maximum Gasteiger partial charge on any atom is 0.115 e.